The Bertz CT molecular complexity index is 484. The number of piperidine rings is 3. The number of nitrogens with zero attached hydrogens (tertiary/aromatic N) is 1. The lowest BCUT2D eigenvalue weighted by atomic mass is 9.83. The van der Waals surface area contributed by atoms with Crippen LogP contribution in [0.1, 0.15) is 31.4 Å². The van der Waals surface area contributed by atoms with Crippen molar-refractivity contribution in [1.29, 1.82) is 0 Å². The molecule has 4 nitrogen and oxygen atoms in total. The van der Waals surface area contributed by atoms with Crippen LogP contribution in [-0.4, -0.2) is 44.8 Å². The molecule has 1 aromatic rings. The number of rotatable bonds is 5. The monoisotopic (exact) mass is 290 g/mol. The van der Waals surface area contributed by atoms with Gasteiger partial charge in [0.1, 0.15) is 11.5 Å². The van der Waals surface area contributed by atoms with E-state index in [0.29, 0.717) is 6.04 Å². The molecule has 0 saturated carbocycles. The maximum atomic E-state index is 5.53. The first kappa shape index (κ1) is 14.7. The van der Waals surface area contributed by atoms with Gasteiger partial charge in [-0.1, -0.05) is 6.07 Å². The number of hydrogen-bond donors (Lipinski definition) is 1. The first-order valence-electron chi connectivity index (χ1n) is 7.91. The SMILES string of the molecule is COc1ccc(C(C)NC2CN3CCC2CC3)c(OC)c1. The number of benzene rings is 1. The molecule has 0 aromatic heterocycles. The average Bonchev–Trinajstić information content (AvgIpc) is 2.55. The lowest BCUT2D eigenvalue weighted by Gasteiger charge is -2.46. The van der Waals surface area contributed by atoms with Gasteiger partial charge in [-0.05, 0) is 44.8 Å². The normalized spacial score (nSPS) is 29.2. The zero-order valence-electron chi connectivity index (χ0n) is 13.3. The Morgan fingerprint density at radius 3 is 2.52 bits per heavy atom. The molecule has 116 valence electrons. The van der Waals surface area contributed by atoms with Crippen LogP contribution in [0.2, 0.25) is 0 Å². The van der Waals surface area contributed by atoms with Crippen LogP contribution in [-0.2, 0) is 0 Å². The molecule has 3 fully saturated rings. The van der Waals surface area contributed by atoms with E-state index >= 15 is 0 Å². The fraction of sp³-hybridized carbons (Fsp3) is 0.647. The fourth-order valence-electron chi connectivity index (χ4n) is 3.74. The molecule has 1 aromatic carbocycles. The summed E-state index contributed by atoms with van der Waals surface area (Å²) < 4.78 is 10.8. The van der Waals surface area contributed by atoms with E-state index in [4.69, 9.17) is 9.47 Å². The van der Waals surface area contributed by atoms with E-state index in [-0.39, 0.29) is 6.04 Å². The third-order valence-corrected chi connectivity index (χ3v) is 5.03. The van der Waals surface area contributed by atoms with Gasteiger partial charge in [-0.3, -0.25) is 0 Å². The summed E-state index contributed by atoms with van der Waals surface area (Å²) in [5.41, 5.74) is 1.20. The summed E-state index contributed by atoms with van der Waals surface area (Å²) in [4.78, 5) is 2.58. The summed E-state index contributed by atoms with van der Waals surface area (Å²) in [5.74, 6) is 2.57. The predicted octanol–water partition coefficient (Wildman–Crippen LogP) is 2.45. The Kier molecular flexibility index (Phi) is 4.36. The van der Waals surface area contributed by atoms with Crippen molar-refractivity contribution in [3.63, 3.8) is 0 Å². The van der Waals surface area contributed by atoms with E-state index in [1.54, 1.807) is 14.2 Å². The standard InChI is InChI=1S/C17H26N2O2/c1-12(15-5-4-14(20-2)10-17(15)21-3)18-16-11-19-8-6-13(16)7-9-19/h4-5,10,12-13,16,18H,6-9,11H2,1-3H3. The van der Waals surface area contributed by atoms with Crippen molar-refractivity contribution < 1.29 is 9.47 Å². The molecule has 0 spiro atoms. The van der Waals surface area contributed by atoms with E-state index < -0.39 is 0 Å². The van der Waals surface area contributed by atoms with Gasteiger partial charge in [-0.2, -0.15) is 0 Å². The molecule has 3 aliphatic heterocycles. The molecule has 0 amide bonds. The van der Waals surface area contributed by atoms with Gasteiger partial charge in [0, 0.05) is 30.3 Å². The van der Waals surface area contributed by atoms with Crippen LogP contribution in [0.4, 0.5) is 0 Å². The lowest BCUT2D eigenvalue weighted by Crippen LogP contribution is -2.56. The summed E-state index contributed by atoms with van der Waals surface area (Å²) in [7, 11) is 3.41. The van der Waals surface area contributed by atoms with E-state index in [1.165, 1.54) is 38.0 Å². The van der Waals surface area contributed by atoms with Gasteiger partial charge in [-0.15, -0.1) is 0 Å². The molecule has 2 unspecified atom stereocenters. The molecule has 21 heavy (non-hydrogen) atoms. The Balaban J connectivity index is 1.71. The van der Waals surface area contributed by atoms with Crippen molar-refractivity contribution in [1.82, 2.24) is 10.2 Å². The molecule has 3 aliphatic rings. The molecule has 3 heterocycles. The van der Waals surface area contributed by atoms with Crippen LogP contribution < -0.4 is 14.8 Å². The first-order chi connectivity index (χ1) is 10.2. The molecule has 0 aliphatic carbocycles. The largest absolute Gasteiger partial charge is 0.497 e. The van der Waals surface area contributed by atoms with Crippen LogP contribution in [0.3, 0.4) is 0 Å². The molecule has 1 N–H and O–H groups in total. The topological polar surface area (TPSA) is 33.7 Å². The van der Waals surface area contributed by atoms with Crippen LogP contribution >= 0.6 is 0 Å². The molecule has 3 saturated heterocycles. The van der Waals surface area contributed by atoms with Crippen molar-refractivity contribution >= 4 is 0 Å². The summed E-state index contributed by atoms with van der Waals surface area (Å²) in [6, 6.07) is 6.97. The summed E-state index contributed by atoms with van der Waals surface area (Å²) in [6.45, 7) is 5.97. The summed E-state index contributed by atoms with van der Waals surface area (Å²) in [6.07, 6.45) is 2.67. The van der Waals surface area contributed by atoms with Crippen molar-refractivity contribution in [3.05, 3.63) is 23.8 Å². The maximum Gasteiger partial charge on any atom is 0.127 e. The molecule has 4 rings (SSSR count). The second-order valence-corrected chi connectivity index (χ2v) is 6.24. The third-order valence-electron chi connectivity index (χ3n) is 5.03. The van der Waals surface area contributed by atoms with E-state index in [2.05, 4.69) is 23.2 Å². The minimum atomic E-state index is 0.288. The van der Waals surface area contributed by atoms with Gasteiger partial charge in [0.15, 0.2) is 0 Å². The quantitative estimate of drug-likeness (QED) is 0.903. The highest BCUT2D eigenvalue weighted by molar-refractivity contribution is 5.42. The molecular weight excluding hydrogens is 264 g/mol. The van der Waals surface area contributed by atoms with Crippen LogP contribution in [0.5, 0.6) is 11.5 Å². The number of nitrogens with one attached hydrogen (secondary N) is 1. The van der Waals surface area contributed by atoms with Gasteiger partial charge in [0.05, 0.1) is 14.2 Å². The zero-order valence-corrected chi connectivity index (χ0v) is 13.3. The highest BCUT2D eigenvalue weighted by Crippen LogP contribution is 2.32. The van der Waals surface area contributed by atoms with Crippen LogP contribution in [0.15, 0.2) is 18.2 Å². The lowest BCUT2D eigenvalue weighted by molar-refractivity contribution is 0.0678. The van der Waals surface area contributed by atoms with Crippen molar-refractivity contribution in [3.8, 4) is 11.5 Å². The second-order valence-electron chi connectivity index (χ2n) is 6.24. The van der Waals surface area contributed by atoms with Gasteiger partial charge >= 0.3 is 0 Å². The van der Waals surface area contributed by atoms with Crippen molar-refractivity contribution in [2.45, 2.75) is 31.8 Å². The van der Waals surface area contributed by atoms with E-state index in [9.17, 15) is 0 Å². The van der Waals surface area contributed by atoms with E-state index in [1.807, 2.05) is 12.1 Å². The molecule has 2 bridgehead atoms. The first-order valence-corrected chi connectivity index (χ1v) is 7.91. The summed E-state index contributed by atoms with van der Waals surface area (Å²) >= 11 is 0. The predicted molar refractivity (Wildman–Crippen MR) is 84.0 cm³/mol. The zero-order chi connectivity index (χ0) is 14.8. The highest BCUT2D eigenvalue weighted by atomic mass is 16.5. The number of hydrogen-bond acceptors (Lipinski definition) is 4. The van der Waals surface area contributed by atoms with Crippen molar-refractivity contribution in [2.75, 3.05) is 33.9 Å². The van der Waals surface area contributed by atoms with Crippen molar-refractivity contribution in [2.24, 2.45) is 5.92 Å². The molecule has 4 heteroatoms. The Labute approximate surface area is 127 Å². The Morgan fingerprint density at radius 2 is 1.95 bits per heavy atom. The highest BCUT2D eigenvalue weighted by Gasteiger charge is 2.34. The number of methoxy groups -OCH3 is 2. The van der Waals surface area contributed by atoms with Gasteiger partial charge in [-0.25, -0.2) is 0 Å². The smallest absolute Gasteiger partial charge is 0.127 e. The maximum absolute atomic E-state index is 5.53. The fourth-order valence-corrected chi connectivity index (χ4v) is 3.74. The van der Waals surface area contributed by atoms with Gasteiger partial charge in [0.2, 0.25) is 0 Å². The van der Waals surface area contributed by atoms with Crippen LogP contribution in [0, 0.1) is 5.92 Å². The minimum Gasteiger partial charge on any atom is -0.497 e. The second kappa shape index (κ2) is 6.24. The van der Waals surface area contributed by atoms with Gasteiger partial charge < -0.3 is 19.7 Å². The molecule has 2 atom stereocenters. The minimum absolute atomic E-state index is 0.288. The van der Waals surface area contributed by atoms with Gasteiger partial charge in [0.25, 0.3) is 0 Å². The average molecular weight is 290 g/mol. The Morgan fingerprint density at radius 1 is 1.19 bits per heavy atom. The van der Waals surface area contributed by atoms with E-state index in [0.717, 1.165) is 17.4 Å². The van der Waals surface area contributed by atoms with Crippen LogP contribution in [0.25, 0.3) is 0 Å². The molecule has 0 radical (unpaired) electrons. The summed E-state index contributed by atoms with van der Waals surface area (Å²) in [5, 5.41) is 3.82. The Hall–Kier alpha value is -1.26. The number of fused-ring (bicyclic) bond motifs is 3. The molecular formula is C17H26N2O2. The number of ether oxygens (including phenoxy) is 2. The third kappa shape index (κ3) is 3.01.